The number of ether oxygens (including phenoxy) is 1. The number of nitrogens with one attached hydrogen (secondary N) is 1. The van der Waals surface area contributed by atoms with E-state index in [1.807, 2.05) is 6.07 Å². The second-order valence-corrected chi connectivity index (χ2v) is 5.03. The van der Waals surface area contributed by atoms with Crippen LogP contribution in [0.25, 0.3) is 11.0 Å². The summed E-state index contributed by atoms with van der Waals surface area (Å²) in [6, 6.07) is 4.12. The van der Waals surface area contributed by atoms with E-state index in [1.165, 1.54) is 16.6 Å². The van der Waals surface area contributed by atoms with Crippen molar-refractivity contribution in [2.75, 3.05) is 7.11 Å². The molecule has 2 heterocycles. The third-order valence-corrected chi connectivity index (χ3v) is 3.74. The molecule has 3 nitrogen and oxygen atoms in total. The molecule has 1 aliphatic rings. The molecule has 16 heavy (non-hydrogen) atoms. The maximum absolute atomic E-state index is 5.45. The van der Waals surface area contributed by atoms with Crippen molar-refractivity contribution >= 4 is 27.0 Å². The van der Waals surface area contributed by atoms with E-state index in [-0.39, 0.29) is 0 Å². The Hall–Kier alpha value is -0.870. The van der Waals surface area contributed by atoms with Gasteiger partial charge in [-0.25, -0.2) is 4.98 Å². The minimum absolute atomic E-state index is 0.357. The zero-order valence-corrected chi connectivity index (χ0v) is 10.7. The number of fused-ring (bicyclic) bond motifs is 3. The van der Waals surface area contributed by atoms with Crippen LogP contribution in [0, 0.1) is 0 Å². The van der Waals surface area contributed by atoms with Crippen LogP contribution in [-0.2, 0) is 17.6 Å². The number of halogens is 1. The molecule has 0 bridgehead atoms. The molecule has 2 aromatic heterocycles. The van der Waals surface area contributed by atoms with Gasteiger partial charge in [-0.05, 0) is 46.5 Å². The average Bonchev–Trinajstić information content (AvgIpc) is 2.65. The fraction of sp³-hybridized carbons (Fsp3) is 0.417. The summed E-state index contributed by atoms with van der Waals surface area (Å²) in [5, 5.41) is 1.24. The number of nitrogens with zero attached hydrogens (tertiary/aromatic N) is 1. The standard InChI is InChI=1S/C12H13BrN2O/c1-16-7-2-4-10-9(6-7)8-3-5-11(13)15-12(8)14-10/h3,5,7H,2,4,6H2,1H3,(H,14,15). The van der Waals surface area contributed by atoms with Crippen LogP contribution in [0.15, 0.2) is 16.7 Å². The number of hydrogen-bond acceptors (Lipinski definition) is 2. The van der Waals surface area contributed by atoms with Gasteiger partial charge in [0.25, 0.3) is 0 Å². The summed E-state index contributed by atoms with van der Waals surface area (Å²) in [6.45, 7) is 0. The number of rotatable bonds is 1. The average molecular weight is 281 g/mol. The number of aromatic amines is 1. The third kappa shape index (κ3) is 1.57. The van der Waals surface area contributed by atoms with Gasteiger partial charge in [0, 0.05) is 24.6 Å². The lowest BCUT2D eigenvalue weighted by Gasteiger charge is -2.20. The number of hydrogen-bond donors (Lipinski definition) is 1. The molecule has 1 unspecified atom stereocenters. The largest absolute Gasteiger partial charge is 0.381 e. The Morgan fingerprint density at radius 2 is 2.38 bits per heavy atom. The number of aromatic nitrogens is 2. The molecule has 1 N–H and O–H groups in total. The van der Waals surface area contributed by atoms with Crippen molar-refractivity contribution < 1.29 is 4.74 Å². The third-order valence-electron chi connectivity index (χ3n) is 3.30. The van der Waals surface area contributed by atoms with Crippen LogP contribution >= 0.6 is 15.9 Å². The van der Waals surface area contributed by atoms with Crippen LogP contribution in [-0.4, -0.2) is 23.2 Å². The van der Waals surface area contributed by atoms with Gasteiger partial charge in [0.05, 0.1) is 6.10 Å². The van der Waals surface area contributed by atoms with Gasteiger partial charge >= 0.3 is 0 Å². The maximum Gasteiger partial charge on any atom is 0.139 e. The highest BCUT2D eigenvalue weighted by Gasteiger charge is 2.22. The molecule has 0 radical (unpaired) electrons. The van der Waals surface area contributed by atoms with Crippen LogP contribution in [0.4, 0.5) is 0 Å². The normalized spacial score (nSPS) is 20.0. The predicted octanol–water partition coefficient (Wildman–Crippen LogP) is 2.83. The van der Waals surface area contributed by atoms with Crippen molar-refractivity contribution in [3.05, 3.63) is 28.0 Å². The Bertz CT molecular complexity index is 535. The molecule has 3 rings (SSSR count). The van der Waals surface area contributed by atoms with Gasteiger partial charge < -0.3 is 9.72 Å². The molecule has 0 amide bonds. The summed E-state index contributed by atoms with van der Waals surface area (Å²) in [7, 11) is 1.79. The van der Waals surface area contributed by atoms with Crippen LogP contribution in [0.3, 0.4) is 0 Å². The van der Waals surface area contributed by atoms with Gasteiger partial charge in [0.1, 0.15) is 10.3 Å². The van der Waals surface area contributed by atoms with Gasteiger partial charge in [-0.1, -0.05) is 0 Å². The second-order valence-electron chi connectivity index (χ2n) is 4.21. The van der Waals surface area contributed by atoms with Crippen molar-refractivity contribution in [2.24, 2.45) is 0 Å². The number of methoxy groups -OCH3 is 1. The fourth-order valence-corrected chi connectivity index (χ4v) is 2.75. The SMILES string of the molecule is COC1CCc2[nH]c3nc(Br)ccc3c2C1. The highest BCUT2D eigenvalue weighted by Crippen LogP contribution is 2.29. The smallest absolute Gasteiger partial charge is 0.139 e. The monoisotopic (exact) mass is 280 g/mol. The number of H-pyrrole nitrogens is 1. The minimum atomic E-state index is 0.357. The first-order valence-corrected chi connectivity index (χ1v) is 6.26. The second kappa shape index (κ2) is 3.86. The van der Waals surface area contributed by atoms with Gasteiger partial charge in [-0.3, -0.25) is 0 Å². The first kappa shape index (κ1) is 10.3. The Labute approximate surface area is 102 Å². The lowest BCUT2D eigenvalue weighted by Crippen LogP contribution is -2.20. The van der Waals surface area contributed by atoms with Crippen molar-refractivity contribution in [3.8, 4) is 0 Å². The molecular formula is C12H13BrN2O. The Morgan fingerprint density at radius 3 is 3.19 bits per heavy atom. The minimum Gasteiger partial charge on any atom is -0.381 e. The summed E-state index contributed by atoms with van der Waals surface area (Å²) in [5.74, 6) is 0. The zero-order chi connectivity index (χ0) is 11.1. The summed E-state index contributed by atoms with van der Waals surface area (Å²) >= 11 is 3.40. The lowest BCUT2D eigenvalue weighted by atomic mass is 9.93. The Kier molecular flexibility index (Phi) is 2.48. The van der Waals surface area contributed by atoms with Crippen molar-refractivity contribution in [2.45, 2.75) is 25.4 Å². The van der Waals surface area contributed by atoms with Crippen molar-refractivity contribution in [1.82, 2.24) is 9.97 Å². The van der Waals surface area contributed by atoms with Crippen LogP contribution in [0.1, 0.15) is 17.7 Å². The van der Waals surface area contributed by atoms with E-state index in [0.29, 0.717) is 6.10 Å². The van der Waals surface area contributed by atoms with E-state index in [9.17, 15) is 0 Å². The Balaban J connectivity index is 2.14. The summed E-state index contributed by atoms with van der Waals surface area (Å²) in [6.07, 6.45) is 3.50. The highest BCUT2D eigenvalue weighted by atomic mass is 79.9. The zero-order valence-electron chi connectivity index (χ0n) is 9.09. The topological polar surface area (TPSA) is 37.9 Å². The van der Waals surface area contributed by atoms with E-state index in [4.69, 9.17) is 4.74 Å². The Morgan fingerprint density at radius 1 is 1.50 bits per heavy atom. The molecule has 0 fully saturated rings. The molecule has 1 atom stereocenters. The highest BCUT2D eigenvalue weighted by molar-refractivity contribution is 9.10. The lowest BCUT2D eigenvalue weighted by molar-refractivity contribution is 0.0911. The van der Waals surface area contributed by atoms with Crippen molar-refractivity contribution in [3.63, 3.8) is 0 Å². The first-order chi connectivity index (χ1) is 7.78. The molecule has 0 saturated heterocycles. The van der Waals surface area contributed by atoms with Crippen LogP contribution in [0.2, 0.25) is 0 Å². The van der Waals surface area contributed by atoms with E-state index in [1.54, 1.807) is 7.11 Å². The maximum atomic E-state index is 5.45. The van der Waals surface area contributed by atoms with Gasteiger partial charge in [0.15, 0.2) is 0 Å². The summed E-state index contributed by atoms with van der Waals surface area (Å²) in [5.41, 5.74) is 3.69. The van der Waals surface area contributed by atoms with E-state index in [2.05, 4.69) is 32.0 Å². The van der Waals surface area contributed by atoms with E-state index in [0.717, 1.165) is 29.5 Å². The van der Waals surface area contributed by atoms with Gasteiger partial charge in [-0.15, -0.1) is 0 Å². The molecule has 0 aromatic carbocycles. The van der Waals surface area contributed by atoms with Gasteiger partial charge in [0.2, 0.25) is 0 Å². The predicted molar refractivity (Wildman–Crippen MR) is 66.6 cm³/mol. The molecule has 4 heteroatoms. The quantitative estimate of drug-likeness (QED) is 0.816. The van der Waals surface area contributed by atoms with Gasteiger partial charge in [-0.2, -0.15) is 0 Å². The van der Waals surface area contributed by atoms with Crippen molar-refractivity contribution in [1.29, 1.82) is 0 Å². The molecule has 0 saturated carbocycles. The molecular weight excluding hydrogens is 268 g/mol. The number of pyridine rings is 1. The van der Waals surface area contributed by atoms with E-state index >= 15 is 0 Å². The van der Waals surface area contributed by atoms with Crippen LogP contribution < -0.4 is 0 Å². The molecule has 0 spiro atoms. The molecule has 0 aliphatic heterocycles. The molecule has 1 aliphatic carbocycles. The molecule has 84 valence electrons. The van der Waals surface area contributed by atoms with Crippen LogP contribution in [0.5, 0.6) is 0 Å². The summed E-state index contributed by atoms with van der Waals surface area (Å²) in [4.78, 5) is 7.86. The first-order valence-electron chi connectivity index (χ1n) is 5.46. The fourth-order valence-electron chi connectivity index (χ4n) is 2.44. The summed E-state index contributed by atoms with van der Waals surface area (Å²) < 4.78 is 6.32. The van der Waals surface area contributed by atoms with E-state index < -0.39 is 0 Å². The number of aryl methyl sites for hydroxylation is 1. The molecule has 2 aromatic rings.